The Balaban J connectivity index is 3.13. The quantitative estimate of drug-likeness (QED) is 0.565. The monoisotopic (exact) mass is 272 g/mol. The zero-order valence-corrected chi connectivity index (χ0v) is 10.4. The first-order valence-electron chi connectivity index (χ1n) is 5.77. The summed E-state index contributed by atoms with van der Waals surface area (Å²) in [7, 11) is 0. The molecule has 19 heavy (non-hydrogen) atoms. The van der Waals surface area contributed by atoms with E-state index in [-0.39, 0.29) is 36.3 Å². The number of ether oxygens (including phenoxy) is 2. The minimum atomic E-state index is -2.99. The lowest BCUT2D eigenvalue weighted by atomic mass is 10.0. The molecule has 0 spiro atoms. The Labute approximate surface area is 109 Å². The van der Waals surface area contributed by atoms with E-state index in [1.165, 1.54) is 18.2 Å². The van der Waals surface area contributed by atoms with Crippen molar-refractivity contribution >= 4 is 12.3 Å². The molecule has 0 bridgehead atoms. The van der Waals surface area contributed by atoms with Crippen LogP contribution in [0.4, 0.5) is 8.78 Å². The maximum Gasteiger partial charge on any atom is 0.387 e. The molecule has 0 atom stereocenters. The van der Waals surface area contributed by atoms with Crippen molar-refractivity contribution in [1.82, 2.24) is 0 Å². The third-order valence-corrected chi connectivity index (χ3v) is 2.36. The number of hydrogen-bond donors (Lipinski definition) is 0. The lowest BCUT2D eigenvalue weighted by Crippen LogP contribution is -2.12. The first-order chi connectivity index (χ1) is 9.10. The Morgan fingerprint density at radius 1 is 1.42 bits per heavy atom. The summed E-state index contributed by atoms with van der Waals surface area (Å²) in [6, 6.07) is 4.21. The summed E-state index contributed by atoms with van der Waals surface area (Å²) in [6.07, 6.45) is 0.893. The second kappa shape index (κ2) is 7.45. The zero-order valence-electron chi connectivity index (χ0n) is 10.4. The lowest BCUT2D eigenvalue weighted by molar-refractivity contribution is -0.107. The fraction of sp³-hybridized carbons (Fsp3) is 0.385. The van der Waals surface area contributed by atoms with Crippen LogP contribution in [0.2, 0.25) is 0 Å². The van der Waals surface area contributed by atoms with Crippen molar-refractivity contribution < 1.29 is 27.8 Å². The molecule has 6 heteroatoms. The van der Waals surface area contributed by atoms with Gasteiger partial charge in [0.15, 0.2) is 0 Å². The number of benzene rings is 1. The van der Waals surface area contributed by atoms with E-state index in [4.69, 9.17) is 4.74 Å². The number of rotatable bonds is 7. The van der Waals surface area contributed by atoms with E-state index < -0.39 is 12.6 Å². The molecular weight excluding hydrogens is 258 g/mol. The van der Waals surface area contributed by atoms with Crippen molar-refractivity contribution in [2.75, 3.05) is 6.61 Å². The van der Waals surface area contributed by atoms with E-state index in [0.717, 1.165) is 0 Å². The van der Waals surface area contributed by atoms with Crippen molar-refractivity contribution in [2.45, 2.75) is 26.4 Å². The maximum atomic E-state index is 12.3. The topological polar surface area (TPSA) is 52.6 Å². The normalized spacial score (nSPS) is 10.3. The smallest absolute Gasteiger partial charge is 0.387 e. The maximum absolute atomic E-state index is 12.3. The van der Waals surface area contributed by atoms with Gasteiger partial charge in [0.05, 0.1) is 12.2 Å². The van der Waals surface area contributed by atoms with Gasteiger partial charge in [-0.3, -0.25) is 0 Å². The van der Waals surface area contributed by atoms with Crippen LogP contribution in [0, 0.1) is 0 Å². The molecule has 0 radical (unpaired) electrons. The van der Waals surface area contributed by atoms with Crippen LogP contribution in [0.1, 0.15) is 29.3 Å². The average Bonchev–Trinajstić information content (AvgIpc) is 2.36. The van der Waals surface area contributed by atoms with Crippen LogP contribution in [0.15, 0.2) is 18.2 Å². The standard InChI is InChI=1S/C13H14F2O4/c1-2-18-12(17)10-5-3-7-11(19-13(14)15)9(10)6-4-8-16/h3,5,7-8,13H,2,4,6H2,1H3. The van der Waals surface area contributed by atoms with E-state index >= 15 is 0 Å². The zero-order chi connectivity index (χ0) is 14.3. The molecule has 0 amide bonds. The molecule has 4 nitrogen and oxygen atoms in total. The number of carbonyl (C=O) groups excluding carboxylic acids is 2. The molecule has 1 rings (SSSR count). The minimum Gasteiger partial charge on any atom is -0.462 e. The Morgan fingerprint density at radius 2 is 2.16 bits per heavy atom. The van der Waals surface area contributed by atoms with Gasteiger partial charge in [-0.2, -0.15) is 8.78 Å². The van der Waals surface area contributed by atoms with Crippen LogP contribution in [0.25, 0.3) is 0 Å². The molecule has 0 aliphatic rings. The molecule has 1 aromatic rings. The molecule has 104 valence electrons. The first-order valence-corrected chi connectivity index (χ1v) is 5.77. The summed E-state index contributed by atoms with van der Waals surface area (Å²) in [5.41, 5.74) is 0.398. The van der Waals surface area contributed by atoms with Gasteiger partial charge < -0.3 is 14.3 Å². The Hall–Kier alpha value is -1.98. The van der Waals surface area contributed by atoms with Gasteiger partial charge in [-0.05, 0) is 25.5 Å². The van der Waals surface area contributed by atoms with Gasteiger partial charge in [-0.15, -0.1) is 0 Å². The predicted octanol–water partition coefficient (Wildman–Crippen LogP) is 2.60. The Bertz CT molecular complexity index is 446. The van der Waals surface area contributed by atoms with Crippen LogP contribution in [-0.4, -0.2) is 25.5 Å². The highest BCUT2D eigenvalue weighted by atomic mass is 19.3. The van der Waals surface area contributed by atoms with Crippen LogP contribution >= 0.6 is 0 Å². The van der Waals surface area contributed by atoms with Crippen molar-refractivity contribution in [3.63, 3.8) is 0 Å². The number of aldehydes is 1. The third kappa shape index (κ3) is 4.31. The van der Waals surface area contributed by atoms with Crippen molar-refractivity contribution in [1.29, 1.82) is 0 Å². The van der Waals surface area contributed by atoms with Crippen LogP contribution in [0.5, 0.6) is 5.75 Å². The summed E-state index contributed by atoms with van der Waals surface area (Å²) in [6.45, 7) is -1.18. The fourth-order valence-electron chi connectivity index (χ4n) is 1.63. The van der Waals surface area contributed by atoms with Gasteiger partial charge in [0, 0.05) is 12.0 Å². The number of halogens is 2. The van der Waals surface area contributed by atoms with Gasteiger partial charge in [-0.25, -0.2) is 4.79 Å². The highest BCUT2D eigenvalue weighted by Crippen LogP contribution is 2.26. The van der Waals surface area contributed by atoms with Gasteiger partial charge in [0.25, 0.3) is 0 Å². The summed E-state index contributed by atoms with van der Waals surface area (Å²) < 4.78 is 33.8. The van der Waals surface area contributed by atoms with Gasteiger partial charge >= 0.3 is 12.6 Å². The van der Waals surface area contributed by atoms with Crippen molar-refractivity contribution in [2.24, 2.45) is 0 Å². The Morgan fingerprint density at radius 3 is 2.74 bits per heavy atom. The summed E-state index contributed by atoms with van der Waals surface area (Å²) in [5.74, 6) is -0.731. The van der Waals surface area contributed by atoms with E-state index in [9.17, 15) is 18.4 Å². The summed E-state index contributed by atoms with van der Waals surface area (Å²) in [5, 5.41) is 0. The molecule has 0 saturated carbocycles. The Kier molecular flexibility index (Phi) is 5.92. The minimum absolute atomic E-state index is 0.107. The van der Waals surface area contributed by atoms with E-state index in [2.05, 4.69) is 4.74 Å². The SMILES string of the molecule is CCOC(=O)c1cccc(OC(F)F)c1CCC=O. The van der Waals surface area contributed by atoms with E-state index in [0.29, 0.717) is 6.29 Å². The number of alkyl halides is 2. The number of carbonyl (C=O) groups is 2. The molecule has 0 aromatic heterocycles. The highest BCUT2D eigenvalue weighted by molar-refractivity contribution is 5.92. The van der Waals surface area contributed by atoms with Crippen molar-refractivity contribution in [3.8, 4) is 5.75 Å². The molecule has 0 fully saturated rings. The third-order valence-electron chi connectivity index (χ3n) is 2.36. The molecule has 0 aliphatic carbocycles. The number of hydrogen-bond acceptors (Lipinski definition) is 4. The van der Waals surface area contributed by atoms with Gasteiger partial charge in [0.1, 0.15) is 12.0 Å². The molecule has 0 aliphatic heterocycles. The van der Waals surface area contributed by atoms with Crippen LogP contribution in [-0.2, 0) is 16.0 Å². The lowest BCUT2D eigenvalue weighted by Gasteiger charge is -2.13. The van der Waals surface area contributed by atoms with Crippen LogP contribution < -0.4 is 4.74 Å². The predicted molar refractivity (Wildman–Crippen MR) is 63.4 cm³/mol. The molecule has 0 saturated heterocycles. The molecule has 0 unspecified atom stereocenters. The van der Waals surface area contributed by atoms with Crippen LogP contribution in [0.3, 0.4) is 0 Å². The molecule has 1 aromatic carbocycles. The summed E-state index contributed by atoms with van der Waals surface area (Å²) in [4.78, 5) is 22.1. The molecule has 0 heterocycles. The average molecular weight is 272 g/mol. The fourth-order valence-corrected chi connectivity index (χ4v) is 1.63. The molecule has 0 N–H and O–H groups in total. The second-order valence-electron chi connectivity index (χ2n) is 3.59. The first kappa shape index (κ1) is 15.1. The number of esters is 1. The summed E-state index contributed by atoms with van der Waals surface area (Å²) >= 11 is 0. The van der Waals surface area contributed by atoms with Gasteiger partial charge in [-0.1, -0.05) is 6.07 Å². The van der Waals surface area contributed by atoms with E-state index in [1.807, 2.05) is 0 Å². The molecular formula is C13H14F2O4. The largest absolute Gasteiger partial charge is 0.462 e. The van der Waals surface area contributed by atoms with E-state index in [1.54, 1.807) is 6.92 Å². The second-order valence-corrected chi connectivity index (χ2v) is 3.59. The van der Waals surface area contributed by atoms with Gasteiger partial charge in [0.2, 0.25) is 0 Å². The highest BCUT2D eigenvalue weighted by Gasteiger charge is 2.18. The van der Waals surface area contributed by atoms with Crippen molar-refractivity contribution in [3.05, 3.63) is 29.3 Å².